The van der Waals surface area contributed by atoms with E-state index in [9.17, 15) is 4.79 Å². The van der Waals surface area contributed by atoms with Crippen molar-refractivity contribution in [2.75, 3.05) is 5.32 Å². The smallest absolute Gasteiger partial charge is 0.259 e. The monoisotopic (exact) mass is 289 g/mol. The predicted molar refractivity (Wildman–Crippen MR) is 82.5 cm³/mol. The highest BCUT2D eigenvalue weighted by Gasteiger charge is 2.16. The van der Waals surface area contributed by atoms with Crippen LogP contribution in [0, 0.1) is 6.92 Å². The summed E-state index contributed by atoms with van der Waals surface area (Å²) >= 11 is 1.51. The Kier molecular flexibility index (Phi) is 4.49. The van der Waals surface area contributed by atoms with E-state index in [2.05, 4.69) is 22.2 Å². The van der Waals surface area contributed by atoms with Crippen molar-refractivity contribution >= 4 is 22.4 Å². The number of carbonyl (C=O) groups excluding carboxylic acids is 1. The Balaban J connectivity index is 2.24. The predicted octanol–water partition coefficient (Wildman–Crippen LogP) is 3.78. The van der Waals surface area contributed by atoms with Gasteiger partial charge in [0, 0.05) is 16.8 Å². The Morgan fingerprint density at radius 2 is 2.15 bits per heavy atom. The topological polar surface area (TPSA) is 54.9 Å². The van der Waals surface area contributed by atoms with Gasteiger partial charge in [0.2, 0.25) is 0 Å². The second-order valence-electron chi connectivity index (χ2n) is 4.98. The summed E-state index contributed by atoms with van der Waals surface area (Å²) in [6.45, 7) is 8.08. The van der Waals surface area contributed by atoms with Gasteiger partial charge in [-0.05, 0) is 31.4 Å². The highest BCUT2D eigenvalue weighted by molar-refractivity contribution is 7.15. The SMILES string of the molecule is CCc1cnc(NC(=O)c2ccc(C)nc2C(C)C)s1. The summed E-state index contributed by atoms with van der Waals surface area (Å²) in [6, 6.07) is 3.70. The Morgan fingerprint density at radius 1 is 1.40 bits per heavy atom. The molecular weight excluding hydrogens is 270 g/mol. The van der Waals surface area contributed by atoms with E-state index >= 15 is 0 Å². The molecule has 2 heterocycles. The summed E-state index contributed by atoms with van der Waals surface area (Å²) < 4.78 is 0. The molecule has 0 aliphatic rings. The summed E-state index contributed by atoms with van der Waals surface area (Å²) in [4.78, 5) is 22.2. The van der Waals surface area contributed by atoms with Crippen molar-refractivity contribution in [3.05, 3.63) is 40.2 Å². The third kappa shape index (κ3) is 3.22. The van der Waals surface area contributed by atoms with Crippen LogP contribution in [-0.4, -0.2) is 15.9 Å². The molecule has 0 radical (unpaired) electrons. The van der Waals surface area contributed by atoms with Crippen LogP contribution in [-0.2, 0) is 6.42 Å². The molecule has 1 amide bonds. The van der Waals surface area contributed by atoms with Gasteiger partial charge >= 0.3 is 0 Å². The zero-order valence-electron chi connectivity index (χ0n) is 12.2. The molecule has 0 saturated heterocycles. The lowest BCUT2D eigenvalue weighted by molar-refractivity contribution is 0.102. The number of amides is 1. The zero-order chi connectivity index (χ0) is 14.7. The first kappa shape index (κ1) is 14.7. The highest BCUT2D eigenvalue weighted by atomic mass is 32.1. The van der Waals surface area contributed by atoms with Crippen LogP contribution >= 0.6 is 11.3 Å². The summed E-state index contributed by atoms with van der Waals surface area (Å²) in [5.41, 5.74) is 2.38. The zero-order valence-corrected chi connectivity index (χ0v) is 13.0. The Bertz CT molecular complexity index is 619. The third-order valence-electron chi connectivity index (χ3n) is 2.98. The maximum atomic E-state index is 12.4. The number of aromatic nitrogens is 2. The van der Waals surface area contributed by atoms with Crippen LogP contribution < -0.4 is 5.32 Å². The van der Waals surface area contributed by atoms with Gasteiger partial charge < -0.3 is 0 Å². The maximum absolute atomic E-state index is 12.4. The Hall–Kier alpha value is -1.75. The molecular formula is C15H19N3OS. The van der Waals surface area contributed by atoms with Crippen LogP contribution in [0.25, 0.3) is 0 Å². The molecule has 0 aliphatic carbocycles. The van der Waals surface area contributed by atoms with Crippen LogP contribution in [0.2, 0.25) is 0 Å². The minimum absolute atomic E-state index is 0.141. The number of rotatable bonds is 4. The van der Waals surface area contributed by atoms with Crippen molar-refractivity contribution in [1.82, 2.24) is 9.97 Å². The van der Waals surface area contributed by atoms with E-state index in [1.807, 2.05) is 32.9 Å². The summed E-state index contributed by atoms with van der Waals surface area (Å²) in [5, 5.41) is 3.50. The van der Waals surface area contributed by atoms with Crippen molar-refractivity contribution in [3.63, 3.8) is 0 Å². The van der Waals surface area contributed by atoms with E-state index in [0.29, 0.717) is 10.7 Å². The number of hydrogen-bond donors (Lipinski definition) is 1. The van der Waals surface area contributed by atoms with E-state index in [1.165, 1.54) is 11.3 Å². The van der Waals surface area contributed by atoms with Crippen LogP contribution in [0.4, 0.5) is 5.13 Å². The molecule has 0 aromatic carbocycles. The van der Waals surface area contributed by atoms with Gasteiger partial charge in [-0.25, -0.2) is 4.98 Å². The molecule has 106 valence electrons. The van der Waals surface area contributed by atoms with Gasteiger partial charge in [-0.1, -0.05) is 20.8 Å². The van der Waals surface area contributed by atoms with Crippen molar-refractivity contribution in [3.8, 4) is 0 Å². The van der Waals surface area contributed by atoms with Crippen LogP contribution in [0.1, 0.15) is 53.3 Å². The van der Waals surface area contributed by atoms with Crippen molar-refractivity contribution in [2.45, 2.75) is 40.0 Å². The van der Waals surface area contributed by atoms with E-state index in [-0.39, 0.29) is 11.8 Å². The summed E-state index contributed by atoms with van der Waals surface area (Å²) in [5.74, 6) is 0.0661. The van der Waals surface area contributed by atoms with Crippen LogP contribution in [0.3, 0.4) is 0 Å². The van der Waals surface area contributed by atoms with Crippen molar-refractivity contribution in [1.29, 1.82) is 0 Å². The maximum Gasteiger partial charge on any atom is 0.259 e. The fourth-order valence-electron chi connectivity index (χ4n) is 1.90. The van der Waals surface area contributed by atoms with E-state index in [4.69, 9.17) is 0 Å². The fraction of sp³-hybridized carbons (Fsp3) is 0.400. The standard InChI is InChI=1S/C15H19N3OS/c1-5-11-8-16-15(20-11)18-14(19)12-7-6-10(4)17-13(12)9(2)3/h6-9H,5H2,1-4H3,(H,16,18,19). The Labute approximate surface area is 123 Å². The normalized spacial score (nSPS) is 10.8. The molecule has 0 spiro atoms. The van der Waals surface area contributed by atoms with E-state index in [0.717, 1.165) is 22.7 Å². The minimum Gasteiger partial charge on any atom is -0.298 e. The second-order valence-corrected chi connectivity index (χ2v) is 6.09. The molecule has 1 N–H and O–H groups in total. The van der Waals surface area contributed by atoms with E-state index in [1.54, 1.807) is 6.20 Å². The third-order valence-corrected chi connectivity index (χ3v) is 4.04. The number of aryl methyl sites for hydroxylation is 2. The molecule has 0 bridgehead atoms. The molecule has 0 atom stereocenters. The molecule has 0 aliphatic heterocycles. The first-order valence-corrected chi connectivity index (χ1v) is 7.56. The second kappa shape index (κ2) is 6.13. The van der Waals surface area contributed by atoms with Crippen molar-refractivity contribution < 1.29 is 4.79 Å². The summed E-state index contributed by atoms with van der Waals surface area (Å²) in [6.07, 6.45) is 2.73. The first-order valence-electron chi connectivity index (χ1n) is 6.74. The van der Waals surface area contributed by atoms with Gasteiger partial charge in [0.1, 0.15) is 0 Å². The summed E-state index contributed by atoms with van der Waals surface area (Å²) in [7, 11) is 0. The molecule has 4 nitrogen and oxygen atoms in total. The molecule has 2 aromatic heterocycles. The lowest BCUT2D eigenvalue weighted by Crippen LogP contribution is -2.16. The number of anilines is 1. The average Bonchev–Trinajstić information content (AvgIpc) is 2.86. The van der Waals surface area contributed by atoms with E-state index < -0.39 is 0 Å². The van der Waals surface area contributed by atoms with Crippen molar-refractivity contribution in [2.24, 2.45) is 0 Å². The largest absolute Gasteiger partial charge is 0.298 e. The molecule has 0 unspecified atom stereocenters. The number of thiazole rings is 1. The van der Waals surface area contributed by atoms with Crippen LogP contribution in [0.15, 0.2) is 18.3 Å². The highest BCUT2D eigenvalue weighted by Crippen LogP contribution is 2.22. The number of nitrogens with one attached hydrogen (secondary N) is 1. The van der Waals surface area contributed by atoms with Gasteiger partial charge in [-0.3, -0.25) is 15.1 Å². The number of carbonyl (C=O) groups is 1. The average molecular weight is 289 g/mol. The van der Waals surface area contributed by atoms with Gasteiger partial charge in [0.25, 0.3) is 5.91 Å². The fourth-order valence-corrected chi connectivity index (χ4v) is 2.65. The minimum atomic E-state index is -0.141. The lowest BCUT2D eigenvalue weighted by Gasteiger charge is -2.11. The molecule has 0 saturated carbocycles. The quantitative estimate of drug-likeness (QED) is 0.931. The number of nitrogens with zero attached hydrogens (tertiary/aromatic N) is 2. The van der Waals surface area contributed by atoms with Crippen LogP contribution in [0.5, 0.6) is 0 Å². The molecule has 2 aromatic rings. The molecule has 5 heteroatoms. The number of pyridine rings is 1. The molecule has 0 fully saturated rings. The van der Waals surface area contributed by atoms with Gasteiger partial charge in [0.05, 0.1) is 11.3 Å². The molecule has 20 heavy (non-hydrogen) atoms. The lowest BCUT2D eigenvalue weighted by atomic mass is 10.0. The van der Waals surface area contributed by atoms with Gasteiger partial charge in [-0.2, -0.15) is 0 Å². The van der Waals surface area contributed by atoms with Gasteiger partial charge in [-0.15, -0.1) is 11.3 Å². The molecule has 2 rings (SSSR count). The van der Waals surface area contributed by atoms with Gasteiger partial charge in [0.15, 0.2) is 5.13 Å². The first-order chi connectivity index (χ1) is 9.51. The Morgan fingerprint density at radius 3 is 2.75 bits per heavy atom. The number of hydrogen-bond acceptors (Lipinski definition) is 4.